The van der Waals surface area contributed by atoms with E-state index in [1.807, 2.05) is 18.0 Å². The summed E-state index contributed by atoms with van der Waals surface area (Å²) in [5.74, 6) is -0.00388. The first-order chi connectivity index (χ1) is 12.6. The van der Waals surface area contributed by atoms with Crippen molar-refractivity contribution >= 4 is 5.91 Å². The van der Waals surface area contributed by atoms with Crippen molar-refractivity contribution in [1.29, 1.82) is 5.26 Å². The van der Waals surface area contributed by atoms with E-state index >= 15 is 0 Å². The van der Waals surface area contributed by atoms with Crippen LogP contribution in [0.15, 0.2) is 54.6 Å². The van der Waals surface area contributed by atoms with Crippen LogP contribution in [-0.4, -0.2) is 41.4 Å². The van der Waals surface area contributed by atoms with E-state index in [1.165, 1.54) is 5.56 Å². The molecule has 0 saturated carbocycles. The Balaban J connectivity index is 1.62. The van der Waals surface area contributed by atoms with E-state index in [-0.39, 0.29) is 11.9 Å². The van der Waals surface area contributed by atoms with Crippen molar-refractivity contribution in [2.45, 2.75) is 38.4 Å². The van der Waals surface area contributed by atoms with Crippen molar-refractivity contribution in [2.75, 3.05) is 13.6 Å². The van der Waals surface area contributed by atoms with Crippen LogP contribution in [0.4, 0.5) is 0 Å². The highest BCUT2D eigenvalue weighted by atomic mass is 16.2. The molecule has 1 heterocycles. The largest absolute Gasteiger partial charge is 0.339 e. The molecule has 0 unspecified atom stereocenters. The third kappa shape index (κ3) is 4.12. The first-order valence-corrected chi connectivity index (χ1v) is 9.14. The minimum absolute atomic E-state index is 0.00388. The van der Waals surface area contributed by atoms with Crippen LogP contribution in [0.1, 0.15) is 41.3 Å². The molecule has 1 amide bonds. The second-order valence-corrected chi connectivity index (χ2v) is 7.09. The lowest BCUT2D eigenvalue weighted by atomic mass is 9.96. The summed E-state index contributed by atoms with van der Waals surface area (Å²) < 4.78 is 0. The van der Waals surface area contributed by atoms with Crippen LogP contribution in [0, 0.1) is 11.3 Å². The molecule has 0 bridgehead atoms. The van der Waals surface area contributed by atoms with Crippen molar-refractivity contribution in [3.05, 3.63) is 71.3 Å². The quantitative estimate of drug-likeness (QED) is 0.847. The van der Waals surface area contributed by atoms with Crippen LogP contribution in [-0.2, 0) is 6.54 Å². The fourth-order valence-corrected chi connectivity index (χ4v) is 3.69. The number of likely N-dealkylation sites (tertiary alicyclic amines) is 1. The number of hydrogen-bond acceptors (Lipinski definition) is 3. The van der Waals surface area contributed by atoms with Crippen molar-refractivity contribution in [2.24, 2.45) is 0 Å². The second kappa shape index (κ2) is 8.16. The molecule has 0 aromatic heterocycles. The molecule has 1 saturated heterocycles. The normalized spacial score (nSPS) is 20.3. The lowest BCUT2D eigenvalue weighted by Crippen LogP contribution is -2.49. The molecular weight excluding hydrogens is 322 g/mol. The van der Waals surface area contributed by atoms with Gasteiger partial charge in [-0.2, -0.15) is 5.26 Å². The van der Waals surface area contributed by atoms with Gasteiger partial charge >= 0.3 is 0 Å². The third-order valence-corrected chi connectivity index (χ3v) is 5.32. The van der Waals surface area contributed by atoms with Gasteiger partial charge in [0.1, 0.15) is 0 Å². The van der Waals surface area contributed by atoms with E-state index in [2.05, 4.69) is 42.2 Å². The van der Waals surface area contributed by atoms with Crippen LogP contribution in [0.2, 0.25) is 0 Å². The Morgan fingerprint density at radius 2 is 2.00 bits per heavy atom. The maximum Gasteiger partial charge on any atom is 0.253 e. The molecule has 2 aromatic rings. The third-order valence-electron chi connectivity index (χ3n) is 5.32. The summed E-state index contributed by atoms with van der Waals surface area (Å²) in [6.07, 6.45) is 1.93. The molecular formula is C22H25N3O. The second-order valence-electron chi connectivity index (χ2n) is 7.09. The van der Waals surface area contributed by atoms with Crippen molar-refractivity contribution < 1.29 is 4.79 Å². The predicted octanol–water partition coefficient (Wildman–Crippen LogP) is 3.68. The molecule has 4 heteroatoms. The number of hydrogen-bond donors (Lipinski definition) is 0. The molecule has 1 aliphatic rings. The Kier molecular flexibility index (Phi) is 5.70. The average molecular weight is 347 g/mol. The lowest BCUT2D eigenvalue weighted by Gasteiger charge is -2.41. The van der Waals surface area contributed by atoms with E-state index < -0.39 is 0 Å². The van der Waals surface area contributed by atoms with Crippen molar-refractivity contribution in [1.82, 2.24) is 9.80 Å². The molecule has 134 valence electrons. The van der Waals surface area contributed by atoms with Gasteiger partial charge in [0.15, 0.2) is 0 Å². The molecule has 0 radical (unpaired) electrons. The van der Waals surface area contributed by atoms with E-state index in [4.69, 9.17) is 5.26 Å². The monoisotopic (exact) mass is 347 g/mol. The number of rotatable bonds is 4. The molecule has 26 heavy (non-hydrogen) atoms. The smallest absolute Gasteiger partial charge is 0.253 e. The van der Waals surface area contributed by atoms with Crippen LogP contribution in [0.3, 0.4) is 0 Å². The summed E-state index contributed by atoms with van der Waals surface area (Å²) in [7, 11) is 1.88. The minimum Gasteiger partial charge on any atom is -0.339 e. The highest BCUT2D eigenvalue weighted by molar-refractivity contribution is 5.94. The van der Waals surface area contributed by atoms with Gasteiger partial charge in [0.05, 0.1) is 11.6 Å². The zero-order chi connectivity index (χ0) is 18.5. The Labute approximate surface area is 155 Å². The van der Waals surface area contributed by atoms with Gasteiger partial charge in [-0.05, 0) is 43.5 Å². The van der Waals surface area contributed by atoms with Gasteiger partial charge in [0.2, 0.25) is 0 Å². The molecule has 4 nitrogen and oxygen atoms in total. The van der Waals surface area contributed by atoms with Gasteiger partial charge < -0.3 is 4.90 Å². The lowest BCUT2D eigenvalue weighted by molar-refractivity contribution is 0.0538. The van der Waals surface area contributed by atoms with Crippen LogP contribution in [0.25, 0.3) is 0 Å². The topological polar surface area (TPSA) is 47.3 Å². The summed E-state index contributed by atoms with van der Waals surface area (Å²) in [4.78, 5) is 17.1. The molecule has 2 aromatic carbocycles. The number of amides is 1. The van der Waals surface area contributed by atoms with E-state index in [0.717, 1.165) is 25.9 Å². The number of nitrogens with zero attached hydrogens (tertiary/aromatic N) is 3. The van der Waals surface area contributed by atoms with E-state index in [1.54, 1.807) is 24.3 Å². The van der Waals surface area contributed by atoms with Crippen molar-refractivity contribution in [3.63, 3.8) is 0 Å². The molecule has 0 aliphatic carbocycles. The van der Waals surface area contributed by atoms with Crippen LogP contribution < -0.4 is 0 Å². The molecule has 2 atom stereocenters. The maximum atomic E-state index is 12.8. The van der Waals surface area contributed by atoms with Gasteiger partial charge in [-0.1, -0.05) is 36.4 Å². The molecule has 1 aliphatic heterocycles. The van der Waals surface area contributed by atoms with Gasteiger partial charge in [-0.25, -0.2) is 0 Å². The number of carbonyl (C=O) groups is 1. The first kappa shape index (κ1) is 18.2. The van der Waals surface area contributed by atoms with Crippen LogP contribution in [0.5, 0.6) is 0 Å². The standard InChI is InChI=1S/C22H25N3O/c1-17-13-21(11-12-25(17)16-18-7-4-3-5-8-18)24(2)22(26)20-10-6-9-19(14-20)15-23/h3-10,14,17,21H,11-13,16H2,1-2H3/t17-,21-/m1/s1. The minimum atomic E-state index is -0.00388. The van der Waals surface area contributed by atoms with Crippen LogP contribution >= 0.6 is 0 Å². The Hall–Kier alpha value is -2.64. The Morgan fingerprint density at radius 3 is 2.69 bits per heavy atom. The Morgan fingerprint density at radius 1 is 1.23 bits per heavy atom. The Bertz CT molecular complexity index is 797. The summed E-state index contributed by atoms with van der Waals surface area (Å²) in [6, 6.07) is 20.2. The number of carbonyl (C=O) groups excluding carboxylic acids is 1. The zero-order valence-corrected chi connectivity index (χ0v) is 15.4. The maximum absolute atomic E-state index is 12.8. The van der Waals surface area contributed by atoms with Gasteiger partial charge in [-0.3, -0.25) is 9.69 Å². The van der Waals surface area contributed by atoms with Gasteiger partial charge in [0, 0.05) is 37.8 Å². The average Bonchev–Trinajstić information content (AvgIpc) is 2.69. The number of nitriles is 1. The van der Waals surface area contributed by atoms with Crippen molar-refractivity contribution in [3.8, 4) is 6.07 Å². The fourth-order valence-electron chi connectivity index (χ4n) is 3.69. The SMILES string of the molecule is C[C@@H]1C[C@H](N(C)C(=O)c2cccc(C#N)c2)CCN1Cc1ccccc1. The highest BCUT2D eigenvalue weighted by Crippen LogP contribution is 2.24. The number of benzene rings is 2. The molecule has 3 rings (SSSR count). The molecule has 1 fully saturated rings. The number of piperidine rings is 1. The highest BCUT2D eigenvalue weighted by Gasteiger charge is 2.30. The molecule has 0 spiro atoms. The zero-order valence-electron chi connectivity index (χ0n) is 15.4. The fraction of sp³-hybridized carbons (Fsp3) is 0.364. The van der Waals surface area contributed by atoms with E-state index in [0.29, 0.717) is 17.2 Å². The summed E-state index contributed by atoms with van der Waals surface area (Å²) in [5.41, 5.74) is 2.44. The first-order valence-electron chi connectivity index (χ1n) is 9.14. The van der Waals surface area contributed by atoms with Gasteiger partial charge in [0.25, 0.3) is 5.91 Å². The summed E-state index contributed by atoms with van der Waals surface area (Å²) in [5, 5.41) is 9.04. The van der Waals surface area contributed by atoms with Gasteiger partial charge in [-0.15, -0.1) is 0 Å². The van der Waals surface area contributed by atoms with E-state index in [9.17, 15) is 4.79 Å². The molecule has 0 N–H and O–H groups in total. The summed E-state index contributed by atoms with van der Waals surface area (Å²) in [6.45, 7) is 4.18. The summed E-state index contributed by atoms with van der Waals surface area (Å²) >= 11 is 0. The predicted molar refractivity (Wildman–Crippen MR) is 103 cm³/mol.